The van der Waals surface area contributed by atoms with Gasteiger partial charge in [-0.1, -0.05) is 18.2 Å². The second kappa shape index (κ2) is 10.0. The molecule has 1 aromatic heterocycles. The summed E-state index contributed by atoms with van der Waals surface area (Å²) in [5, 5.41) is 7.71. The number of carbonyl (C=O) groups is 1. The van der Waals surface area contributed by atoms with Gasteiger partial charge in [0, 0.05) is 5.69 Å². The van der Waals surface area contributed by atoms with Gasteiger partial charge in [-0.15, -0.1) is 0 Å². The maximum atomic E-state index is 13.1. The number of nitrogens with one attached hydrogen (secondary N) is 1. The molecule has 0 bridgehead atoms. The fourth-order valence-electron chi connectivity index (χ4n) is 3.24. The van der Waals surface area contributed by atoms with Crippen LogP contribution >= 0.6 is 0 Å². The number of amides is 1. The van der Waals surface area contributed by atoms with Crippen LogP contribution in [0.3, 0.4) is 0 Å². The SMILES string of the molecule is Cc1cc(OCC(F)(F)F)ccc1Oc1nc2ccccc2nc1C(=O)Nc1cccc(S(N)(=O)=O)c1. The number of aryl methyl sites for hydroxylation is 1. The number of primary sulfonamides is 1. The Morgan fingerprint density at radius 3 is 2.35 bits per heavy atom. The number of nitrogens with two attached hydrogens (primary N) is 1. The molecule has 13 heteroatoms. The lowest BCUT2D eigenvalue weighted by Gasteiger charge is -2.14. The molecule has 0 unspecified atom stereocenters. The number of sulfonamides is 1. The minimum absolute atomic E-state index is 0.0144. The zero-order valence-corrected chi connectivity index (χ0v) is 19.9. The molecule has 3 N–H and O–H groups in total. The number of benzene rings is 3. The minimum Gasteiger partial charge on any atom is -0.484 e. The van der Waals surface area contributed by atoms with Crippen LogP contribution in [0.2, 0.25) is 0 Å². The molecular weight excluding hydrogens is 513 g/mol. The lowest BCUT2D eigenvalue weighted by atomic mass is 10.2. The number of rotatable bonds is 7. The summed E-state index contributed by atoms with van der Waals surface area (Å²) in [7, 11) is -4.00. The Labute approximate surface area is 209 Å². The predicted octanol–water partition coefficient (Wildman–Crippen LogP) is 4.57. The van der Waals surface area contributed by atoms with Crippen molar-refractivity contribution in [3.8, 4) is 17.4 Å². The number of hydrogen-bond donors (Lipinski definition) is 2. The molecule has 0 spiro atoms. The van der Waals surface area contributed by atoms with Gasteiger partial charge in [0.1, 0.15) is 11.5 Å². The highest BCUT2D eigenvalue weighted by atomic mass is 32.2. The molecule has 37 heavy (non-hydrogen) atoms. The van der Waals surface area contributed by atoms with Gasteiger partial charge in [0.2, 0.25) is 10.0 Å². The van der Waals surface area contributed by atoms with Crippen molar-refractivity contribution >= 4 is 32.7 Å². The lowest BCUT2D eigenvalue weighted by Crippen LogP contribution is -2.19. The molecule has 4 rings (SSSR count). The van der Waals surface area contributed by atoms with Gasteiger partial charge in [0.15, 0.2) is 12.3 Å². The highest BCUT2D eigenvalue weighted by Crippen LogP contribution is 2.31. The van der Waals surface area contributed by atoms with E-state index >= 15 is 0 Å². The number of aromatic nitrogens is 2. The van der Waals surface area contributed by atoms with Gasteiger partial charge in [-0.25, -0.2) is 23.5 Å². The molecule has 1 heterocycles. The first kappa shape index (κ1) is 25.9. The average molecular weight is 533 g/mol. The fourth-order valence-corrected chi connectivity index (χ4v) is 3.80. The molecule has 0 saturated carbocycles. The van der Waals surface area contributed by atoms with E-state index in [0.29, 0.717) is 16.6 Å². The van der Waals surface area contributed by atoms with E-state index in [9.17, 15) is 26.4 Å². The van der Waals surface area contributed by atoms with Gasteiger partial charge in [-0.3, -0.25) is 4.79 Å². The molecule has 9 nitrogen and oxygen atoms in total. The number of para-hydroxylation sites is 2. The molecule has 0 atom stereocenters. The number of anilines is 1. The van der Waals surface area contributed by atoms with Crippen molar-refractivity contribution in [2.45, 2.75) is 18.0 Å². The molecule has 0 radical (unpaired) electrons. The van der Waals surface area contributed by atoms with Crippen LogP contribution in [0.15, 0.2) is 71.6 Å². The molecule has 1 amide bonds. The Morgan fingerprint density at radius 1 is 1.00 bits per heavy atom. The Kier molecular flexibility index (Phi) is 7.01. The van der Waals surface area contributed by atoms with Crippen LogP contribution in [0.4, 0.5) is 18.9 Å². The van der Waals surface area contributed by atoms with Crippen molar-refractivity contribution < 1.29 is 35.9 Å². The van der Waals surface area contributed by atoms with Crippen molar-refractivity contribution in [2.75, 3.05) is 11.9 Å². The monoisotopic (exact) mass is 532 g/mol. The standard InChI is InChI=1S/C24H19F3N4O5S/c1-14-11-16(35-13-24(25,26)27)9-10-20(14)36-23-21(30-18-7-2-3-8-19(18)31-23)22(32)29-15-5-4-6-17(12-15)37(28,33)34/h2-12H,13H2,1H3,(H,29,32)(H2,28,33,34). The van der Waals surface area contributed by atoms with E-state index in [2.05, 4.69) is 15.3 Å². The highest BCUT2D eigenvalue weighted by molar-refractivity contribution is 7.89. The average Bonchev–Trinajstić information content (AvgIpc) is 2.83. The molecule has 0 aliphatic carbocycles. The number of carbonyl (C=O) groups excluding carboxylic acids is 1. The first-order chi connectivity index (χ1) is 17.4. The van der Waals surface area contributed by atoms with E-state index in [0.717, 1.165) is 0 Å². The van der Waals surface area contributed by atoms with Crippen LogP contribution in [-0.4, -0.2) is 37.1 Å². The number of ether oxygens (including phenoxy) is 2. The summed E-state index contributed by atoms with van der Waals surface area (Å²) in [6.45, 7) is 0.141. The van der Waals surface area contributed by atoms with Gasteiger partial charge in [0.25, 0.3) is 11.8 Å². The molecule has 4 aromatic rings. The van der Waals surface area contributed by atoms with Gasteiger partial charge >= 0.3 is 6.18 Å². The predicted molar refractivity (Wildman–Crippen MR) is 128 cm³/mol. The smallest absolute Gasteiger partial charge is 0.422 e. The Hall–Kier alpha value is -4.23. The number of hydrogen-bond acceptors (Lipinski definition) is 7. The topological polar surface area (TPSA) is 134 Å². The summed E-state index contributed by atoms with van der Waals surface area (Å²) in [6.07, 6.45) is -4.49. The molecule has 3 aromatic carbocycles. The first-order valence-electron chi connectivity index (χ1n) is 10.6. The van der Waals surface area contributed by atoms with Crippen LogP contribution < -0.4 is 19.9 Å². The van der Waals surface area contributed by atoms with Crippen molar-refractivity contribution in [1.29, 1.82) is 0 Å². The maximum absolute atomic E-state index is 13.1. The van der Waals surface area contributed by atoms with Gasteiger partial charge in [-0.05, 0) is 61.0 Å². The van der Waals surface area contributed by atoms with Crippen LogP contribution in [-0.2, 0) is 10.0 Å². The first-order valence-corrected chi connectivity index (χ1v) is 12.1. The molecular formula is C24H19F3N4O5S. The van der Waals surface area contributed by atoms with Crippen molar-refractivity contribution in [1.82, 2.24) is 9.97 Å². The highest BCUT2D eigenvalue weighted by Gasteiger charge is 2.28. The molecule has 0 saturated heterocycles. The van der Waals surface area contributed by atoms with Crippen molar-refractivity contribution in [2.24, 2.45) is 5.14 Å². The van der Waals surface area contributed by atoms with E-state index in [1.54, 1.807) is 31.2 Å². The van der Waals surface area contributed by atoms with E-state index in [4.69, 9.17) is 14.6 Å². The summed E-state index contributed by atoms with van der Waals surface area (Å²) in [4.78, 5) is 21.7. The van der Waals surface area contributed by atoms with Crippen LogP contribution in [0, 0.1) is 6.92 Å². The molecule has 0 aliphatic rings. The summed E-state index contributed by atoms with van der Waals surface area (Å²) in [5.74, 6) is -0.734. The van der Waals surface area contributed by atoms with E-state index in [-0.39, 0.29) is 33.7 Å². The van der Waals surface area contributed by atoms with Gasteiger partial charge in [-0.2, -0.15) is 13.2 Å². The Bertz CT molecular complexity index is 1590. The van der Waals surface area contributed by atoms with E-state index in [1.165, 1.54) is 42.5 Å². The number of halogens is 3. The second-order valence-corrected chi connectivity index (χ2v) is 9.39. The Balaban J connectivity index is 1.66. The quantitative estimate of drug-likeness (QED) is 0.356. The normalized spacial score (nSPS) is 11.8. The third-order valence-electron chi connectivity index (χ3n) is 4.93. The zero-order valence-electron chi connectivity index (χ0n) is 19.1. The molecule has 192 valence electrons. The van der Waals surface area contributed by atoms with E-state index in [1.807, 2.05) is 0 Å². The van der Waals surface area contributed by atoms with Crippen LogP contribution in [0.25, 0.3) is 11.0 Å². The Morgan fingerprint density at radius 2 is 1.70 bits per heavy atom. The molecule has 0 fully saturated rings. The van der Waals surface area contributed by atoms with Crippen molar-refractivity contribution in [3.05, 3.63) is 78.0 Å². The van der Waals surface area contributed by atoms with Crippen LogP contribution in [0.1, 0.15) is 16.1 Å². The minimum atomic E-state index is -4.49. The third-order valence-corrected chi connectivity index (χ3v) is 5.84. The summed E-state index contributed by atoms with van der Waals surface area (Å²) >= 11 is 0. The summed E-state index contributed by atoms with van der Waals surface area (Å²) < 4.78 is 71.3. The van der Waals surface area contributed by atoms with E-state index < -0.39 is 28.7 Å². The third kappa shape index (κ3) is 6.51. The zero-order chi connectivity index (χ0) is 26.8. The summed E-state index contributed by atoms with van der Waals surface area (Å²) in [5.41, 5.74) is 1.16. The summed E-state index contributed by atoms with van der Waals surface area (Å²) in [6, 6.07) is 16.1. The number of nitrogens with zero attached hydrogens (tertiary/aromatic N) is 2. The van der Waals surface area contributed by atoms with Crippen LogP contribution in [0.5, 0.6) is 17.4 Å². The largest absolute Gasteiger partial charge is 0.484 e. The second-order valence-electron chi connectivity index (χ2n) is 7.83. The van der Waals surface area contributed by atoms with Gasteiger partial charge in [0.05, 0.1) is 15.9 Å². The fraction of sp³-hybridized carbons (Fsp3) is 0.125. The lowest BCUT2D eigenvalue weighted by molar-refractivity contribution is -0.153. The number of fused-ring (bicyclic) bond motifs is 1. The maximum Gasteiger partial charge on any atom is 0.422 e. The van der Waals surface area contributed by atoms with Gasteiger partial charge < -0.3 is 14.8 Å². The van der Waals surface area contributed by atoms with Crippen molar-refractivity contribution in [3.63, 3.8) is 0 Å². The number of alkyl halides is 3. The molecule has 0 aliphatic heterocycles.